The van der Waals surface area contributed by atoms with Crippen LogP contribution < -0.4 is 9.67 Å². The van der Waals surface area contributed by atoms with Crippen molar-refractivity contribution in [2.24, 2.45) is 0 Å². The molecular formula is C9H10AsNO6. The van der Waals surface area contributed by atoms with E-state index in [0.717, 1.165) is 12.1 Å². The fraction of sp³-hybridized carbons (Fsp3) is 0.111. The molecule has 0 aliphatic heterocycles. The molecule has 4 N–H and O–H groups in total. The molecule has 1 aromatic carbocycles. The van der Waals surface area contributed by atoms with Gasteiger partial charge in [-0.15, -0.1) is 0 Å². The summed E-state index contributed by atoms with van der Waals surface area (Å²) in [6.07, 6.45) is 0.229. The Morgan fingerprint density at radius 1 is 1.41 bits per heavy atom. The Kier molecular flexibility index (Phi) is 3.77. The summed E-state index contributed by atoms with van der Waals surface area (Å²) >= 11 is -5.29. The van der Waals surface area contributed by atoms with Gasteiger partial charge in [0, 0.05) is 0 Å². The zero-order chi connectivity index (χ0) is 13.2. The van der Waals surface area contributed by atoms with Crippen LogP contribution in [0.2, 0.25) is 0 Å². The topological polar surface area (TPSA) is 124 Å². The van der Waals surface area contributed by atoms with Gasteiger partial charge in [0.15, 0.2) is 0 Å². The second-order valence-electron chi connectivity index (χ2n) is 3.27. The van der Waals surface area contributed by atoms with E-state index in [9.17, 15) is 18.4 Å². The number of carbonyl (C=O) groups is 2. The van der Waals surface area contributed by atoms with E-state index in [1.54, 1.807) is 0 Å². The normalized spacial score (nSPS) is 11.0. The molecule has 0 atom stereocenters. The molecule has 0 aliphatic carbocycles. The fourth-order valence-electron chi connectivity index (χ4n) is 1.23. The van der Waals surface area contributed by atoms with Gasteiger partial charge < -0.3 is 0 Å². The molecule has 0 aliphatic rings. The molecule has 0 spiro atoms. The van der Waals surface area contributed by atoms with Crippen molar-refractivity contribution >= 4 is 36.4 Å². The van der Waals surface area contributed by atoms with E-state index in [4.69, 9.17) is 8.19 Å². The van der Waals surface area contributed by atoms with Crippen LogP contribution in [0, 0.1) is 0 Å². The number of anilines is 1. The van der Waals surface area contributed by atoms with Gasteiger partial charge in [-0.1, -0.05) is 0 Å². The molecule has 0 unspecified atom stereocenters. The van der Waals surface area contributed by atoms with Gasteiger partial charge in [0.05, 0.1) is 0 Å². The number of hydrogen-bond donors (Lipinski definition) is 4. The van der Waals surface area contributed by atoms with Gasteiger partial charge in [0.25, 0.3) is 0 Å². The van der Waals surface area contributed by atoms with E-state index >= 15 is 0 Å². The Morgan fingerprint density at radius 3 is 2.41 bits per heavy atom. The fourth-order valence-corrected chi connectivity index (χ4v) is 2.80. The first-order valence-corrected chi connectivity index (χ1v) is 7.80. The third-order valence-electron chi connectivity index (χ3n) is 1.90. The van der Waals surface area contributed by atoms with Crippen LogP contribution in [-0.4, -0.2) is 39.7 Å². The second-order valence-corrected chi connectivity index (χ2v) is 6.56. The van der Waals surface area contributed by atoms with Crippen molar-refractivity contribution in [2.45, 2.75) is 6.92 Å². The summed E-state index contributed by atoms with van der Waals surface area (Å²) in [5.41, 5.74) is -0.452. The standard InChI is InChI=1S/C9H10AsNO6/c1-5(13)11-8-3-7(10(15,16)17)6(4-12)2-9(8)14/h2-4,14H,1H3,(H,11,13)(H2,15,16,17). The molecule has 1 amide bonds. The summed E-state index contributed by atoms with van der Waals surface area (Å²) in [6, 6.07) is 1.80. The molecule has 17 heavy (non-hydrogen) atoms. The molecular weight excluding hydrogens is 293 g/mol. The summed E-state index contributed by atoms with van der Waals surface area (Å²) in [5, 5.41) is 11.6. The third-order valence-corrected chi connectivity index (χ3v) is 4.03. The molecule has 1 aromatic rings. The zero-order valence-corrected chi connectivity index (χ0v) is 10.6. The summed E-state index contributed by atoms with van der Waals surface area (Å²) in [7, 11) is 0. The Bertz CT molecular complexity index is 520. The van der Waals surface area contributed by atoms with Crippen molar-refractivity contribution in [1.82, 2.24) is 0 Å². The van der Waals surface area contributed by atoms with Crippen molar-refractivity contribution in [1.29, 1.82) is 0 Å². The number of amides is 1. The van der Waals surface area contributed by atoms with Gasteiger partial charge >= 0.3 is 98.7 Å². The molecule has 0 fully saturated rings. The summed E-state index contributed by atoms with van der Waals surface area (Å²) in [4.78, 5) is 21.4. The van der Waals surface area contributed by atoms with E-state index in [0.29, 0.717) is 0 Å². The van der Waals surface area contributed by atoms with Crippen LogP contribution >= 0.6 is 0 Å². The summed E-state index contributed by atoms with van der Waals surface area (Å²) in [6.45, 7) is 1.18. The molecule has 8 heteroatoms. The van der Waals surface area contributed by atoms with Crippen molar-refractivity contribution in [3.63, 3.8) is 0 Å². The molecule has 0 bridgehead atoms. The SMILES string of the molecule is CC(=O)Nc1cc([As](=O)(O)O)c(C=O)cc1O. The van der Waals surface area contributed by atoms with Crippen LogP contribution in [-0.2, 0) is 8.53 Å². The minimum atomic E-state index is -5.29. The predicted molar refractivity (Wildman–Crippen MR) is 58.3 cm³/mol. The Hall–Kier alpha value is -1.56. The van der Waals surface area contributed by atoms with Gasteiger partial charge in [-0.25, -0.2) is 0 Å². The van der Waals surface area contributed by atoms with Crippen LogP contribution in [0.5, 0.6) is 5.75 Å². The van der Waals surface area contributed by atoms with E-state index in [1.807, 2.05) is 0 Å². The molecule has 1 rings (SSSR count). The van der Waals surface area contributed by atoms with E-state index < -0.39 is 30.2 Å². The van der Waals surface area contributed by atoms with Gasteiger partial charge in [0.2, 0.25) is 0 Å². The van der Waals surface area contributed by atoms with Gasteiger partial charge in [-0.2, -0.15) is 0 Å². The minimum absolute atomic E-state index is 0.150. The van der Waals surface area contributed by atoms with Gasteiger partial charge in [-0.3, -0.25) is 0 Å². The zero-order valence-electron chi connectivity index (χ0n) is 8.75. The van der Waals surface area contributed by atoms with Crippen LogP contribution in [0.4, 0.5) is 5.69 Å². The van der Waals surface area contributed by atoms with Gasteiger partial charge in [-0.05, 0) is 0 Å². The predicted octanol–water partition coefficient (Wildman–Crippen LogP) is -1.28. The number of phenolic OH excluding ortho intramolecular Hbond substituents is 1. The van der Waals surface area contributed by atoms with E-state index in [2.05, 4.69) is 5.32 Å². The maximum absolute atomic E-state index is 11.2. The molecule has 0 saturated heterocycles. The number of carbonyl (C=O) groups excluding carboxylic acids is 2. The van der Waals surface area contributed by atoms with Crippen molar-refractivity contribution < 1.29 is 26.6 Å². The molecule has 7 nitrogen and oxygen atoms in total. The number of phenols is 1. The molecule has 0 radical (unpaired) electrons. The summed E-state index contributed by atoms with van der Waals surface area (Å²) < 4.78 is 28.8. The first-order valence-electron chi connectivity index (χ1n) is 4.41. The number of rotatable bonds is 3. The quantitative estimate of drug-likeness (QED) is 0.313. The second kappa shape index (κ2) is 4.75. The molecule has 92 valence electrons. The average molecular weight is 303 g/mol. The van der Waals surface area contributed by atoms with Gasteiger partial charge in [0.1, 0.15) is 0 Å². The van der Waals surface area contributed by atoms with Crippen molar-refractivity contribution in [2.75, 3.05) is 5.32 Å². The number of hydrogen-bond acceptors (Lipinski definition) is 4. The number of aldehydes is 1. The Labute approximate surface area is 99.1 Å². The van der Waals surface area contributed by atoms with Crippen LogP contribution in [0.15, 0.2) is 12.1 Å². The Balaban J connectivity index is 3.43. The first-order chi connectivity index (χ1) is 7.75. The number of aromatic hydroxyl groups is 1. The molecule has 0 aromatic heterocycles. The molecule has 0 heterocycles. The Morgan fingerprint density at radius 2 is 2.00 bits per heavy atom. The monoisotopic (exact) mass is 303 g/mol. The average Bonchev–Trinajstić information content (AvgIpc) is 2.18. The number of benzene rings is 1. The van der Waals surface area contributed by atoms with E-state index in [1.165, 1.54) is 6.92 Å². The van der Waals surface area contributed by atoms with Crippen LogP contribution in [0.1, 0.15) is 17.3 Å². The van der Waals surface area contributed by atoms with E-state index in [-0.39, 0.29) is 17.5 Å². The third kappa shape index (κ3) is 3.20. The first kappa shape index (κ1) is 13.5. The molecule has 0 saturated carbocycles. The van der Waals surface area contributed by atoms with Crippen molar-refractivity contribution in [3.05, 3.63) is 17.7 Å². The summed E-state index contributed by atoms with van der Waals surface area (Å²) in [5.74, 6) is -0.946. The maximum atomic E-state index is 11.2. The number of nitrogens with one attached hydrogen (secondary N) is 1. The van der Waals surface area contributed by atoms with Crippen LogP contribution in [0.25, 0.3) is 0 Å². The van der Waals surface area contributed by atoms with Crippen LogP contribution in [0.3, 0.4) is 0 Å². The van der Waals surface area contributed by atoms with Crippen molar-refractivity contribution in [3.8, 4) is 5.75 Å².